The van der Waals surface area contributed by atoms with Crippen LogP contribution in [0.25, 0.3) is 0 Å². The minimum absolute atomic E-state index is 0.213. The summed E-state index contributed by atoms with van der Waals surface area (Å²) in [5.74, 6) is 0.0979. The van der Waals surface area contributed by atoms with Gasteiger partial charge in [-0.15, -0.1) is 0 Å². The molecular weight excluding hydrogens is 268 g/mol. The van der Waals surface area contributed by atoms with Crippen LogP contribution >= 0.6 is 0 Å². The summed E-state index contributed by atoms with van der Waals surface area (Å²) >= 11 is 0. The minimum atomic E-state index is -0.956. The van der Waals surface area contributed by atoms with Gasteiger partial charge in [-0.05, 0) is 38.1 Å². The molecule has 0 aliphatic carbocycles. The monoisotopic (exact) mass is 292 g/mol. The molecule has 1 aliphatic rings. The lowest BCUT2D eigenvalue weighted by atomic mass is 9.94. The van der Waals surface area contributed by atoms with E-state index in [1.807, 2.05) is 0 Å². The molecule has 2 atom stereocenters. The number of nitrogens with one attached hydrogen (secondary N) is 1. The van der Waals surface area contributed by atoms with Crippen LogP contribution in [0, 0.1) is 5.92 Å². The van der Waals surface area contributed by atoms with E-state index in [1.165, 1.54) is 0 Å². The summed E-state index contributed by atoms with van der Waals surface area (Å²) in [6.07, 6.45) is 1.14. The number of nitrogens with zero attached hydrogens (tertiary/aromatic N) is 1. The van der Waals surface area contributed by atoms with E-state index in [4.69, 9.17) is 9.84 Å². The first kappa shape index (κ1) is 15.8. The number of aromatic carboxylic acids is 1. The van der Waals surface area contributed by atoms with Crippen molar-refractivity contribution < 1.29 is 14.6 Å². The molecule has 0 radical (unpaired) electrons. The molecule has 0 spiro atoms. The van der Waals surface area contributed by atoms with Crippen LogP contribution in [0.4, 0.5) is 0 Å². The van der Waals surface area contributed by atoms with Crippen LogP contribution in [0.1, 0.15) is 23.7 Å². The molecule has 5 nitrogen and oxygen atoms in total. The number of carbonyl (C=O) groups is 1. The van der Waals surface area contributed by atoms with Crippen LogP contribution in [0.15, 0.2) is 24.3 Å². The van der Waals surface area contributed by atoms with Crippen LogP contribution in [-0.4, -0.2) is 55.3 Å². The number of hydrogen-bond donors (Lipinski definition) is 2. The molecule has 116 valence electrons. The molecule has 0 aromatic heterocycles. The van der Waals surface area contributed by atoms with E-state index >= 15 is 0 Å². The number of likely N-dealkylation sites (tertiary alicyclic amines) is 1. The topological polar surface area (TPSA) is 61.8 Å². The predicted octanol–water partition coefficient (Wildman–Crippen LogP) is 1.69. The minimum Gasteiger partial charge on any atom is -0.491 e. The van der Waals surface area contributed by atoms with Crippen LogP contribution in [0.5, 0.6) is 5.75 Å². The highest BCUT2D eigenvalue weighted by molar-refractivity contribution is 5.90. The van der Waals surface area contributed by atoms with E-state index in [0.717, 1.165) is 26.1 Å². The second-order valence-electron chi connectivity index (χ2n) is 5.74. The van der Waals surface area contributed by atoms with E-state index < -0.39 is 5.97 Å². The number of para-hydroxylation sites is 1. The molecule has 1 aliphatic heterocycles. The third-order valence-corrected chi connectivity index (χ3v) is 3.99. The summed E-state index contributed by atoms with van der Waals surface area (Å²) < 4.78 is 5.59. The van der Waals surface area contributed by atoms with Gasteiger partial charge < -0.3 is 20.1 Å². The summed E-state index contributed by atoms with van der Waals surface area (Å²) in [6.45, 7) is 5.69. The van der Waals surface area contributed by atoms with E-state index in [1.54, 1.807) is 24.3 Å². The third kappa shape index (κ3) is 4.44. The van der Waals surface area contributed by atoms with Crippen LogP contribution < -0.4 is 10.1 Å². The highest BCUT2D eigenvalue weighted by Crippen LogP contribution is 2.18. The Kier molecular flexibility index (Phi) is 5.59. The molecule has 1 fully saturated rings. The second-order valence-corrected chi connectivity index (χ2v) is 5.74. The van der Waals surface area contributed by atoms with Gasteiger partial charge in [-0.3, -0.25) is 0 Å². The Morgan fingerprint density at radius 1 is 1.48 bits per heavy atom. The zero-order valence-corrected chi connectivity index (χ0v) is 12.7. The maximum atomic E-state index is 11.1. The largest absolute Gasteiger partial charge is 0.491 e. The van der Waals surface area contributed by atoms with Crippen LogP contribution in [0.2, 0.25) is 0 Å². The van der Waals surface area contributed by atoms with Gasteiger partial charge in [0.1, 0.15) is 17.9 Å². The molecule has 1 saturated heterocycles. The van der Waals surface area contributed by atoms with Crippen molar-refractivity contribution in [2.45, 2.75) is 19.4 Å². The molecule has 1 aromatic rings. The number of benzene rings is 1. The number of ether oxygens (including phenoxy) is 1. The van der Waals surface area contributed by atoms with Crippen molar-refractivity contribution in [1.82, 2.24) is 10.2 Å². The number of carboxylic acid groups (broad SMARTS) is 1. The number of hydrogen-bond acceptors (Lipinski definition) is 4. The van der Waals surface area contributed by atoms with Gasteiger partial charge in [0.2, 0.25) is 0 Å². The molecule has 5 heteroatoms. The van der Waals surface area contributed by atoms with E-state index in [2.05, 4.69) is 24.2 Å². The second kappa shape index (κ2) is 7.43. The molecule has 0 bridgehead atoms. The molecular formula is C16H24N2O3. The average molecular weight is 292 g/mol. The van der Waals surface area contributed by atoms with Crippen LogP contribution in [-0.2, 0) is 0 Å². The molecule has 1 heterocycles. The Hall–Kier alpha value is -1.59. The molecule has 1 aromatic carbocycles. The van der Waals surface area contributed by atoms with E-state index in [0.29, 0.717) is 24.3 Å². The normalized spacial score (nSPS) is 23.0. The highest BCUT2D eigenvalue weighted by atomic mass is 16.5. The Balaban J connectivity index is 1.76. The average Bonchev–Trinajstić information content (AvgIpc) is 2.45. The fraction of sp³-hybridized carbons (Fsp3) is 0.562. The molecule has 2 rings (SSSR count). The number of piperidine rings is 1. The Morgan fingerprint density at radius 3 is 2.95 bits per heavy atom. The lowest BCUT2D eigenvalue weighted by molar-refractivity contribution is 0.0692. The third-order valence-electron chi connectivity index (χ3n) is 3.99. The smallest absolute Gasteiger partial charge is 0.339 e. The maximum Gasteiger partial charge on any atom is 0.339 e. The van der Waals surface area contributed by atoms with Gasteiger partial charge in [-0.2, -0.15) is 0 Å². The SMILES string of the molecule is CC1CN(C)CCC1NCCOc1ccccc1C(=O)O. The van der Waals surface area contributed by atoms with Crippen LogP contribution in [0.3, 0.4) is 0 Å². The molecule has 0 saturated carbocycles. The fourth-order valence-electron chi connectivity index (χ4n) is 2.83. The van der Waals surface area contributed by atoms with Crippen molar-refractivity contribution in [3.8, 4) is 5.75 Å². The summed E-state index contributed by atoms with van der Waals surface area (Å²) in [7, 11) is 2.15. The van der Waals surface area contributed by atoms with Gasteiger partial charge in [0.25, 0.3) is 0 Å². The van der Waals surface area contributed by atoms with Crippen molar-refractivity contribution in [1.29, 1.82) is 0 Å². The Morgan fingerprint density at radius 2 is 2.24 bits per heavy atom. The van der Waals surface area contributed by atoms with E-state index in [9.17, 15) is 4.79 Å². The molecule has 0 amide bonds. The molecule has 2 N–H and O–H groups in total. The Labute approximate surface area is 125 Å². The van der Waals surface area contributed by atoms with Gasteiger partial charge in [-0.25, -0.2) is 4.79 Å². The first-order chi connectivity index (χ1) is 10.1. The van der Waals surface area contributed by atoms with Crippen molar-refractivity contribution >= 4 is 5.97 Å². The lowest BCUT2D eigenvalue weighted by Crippen LogP contribution is -2.47. The first-order valence-corrected chi connectivity index (χ1v) is 7.45. The predicted molar refractivity (Wildman–Crippen MR) is 82.0 cm³/mol. The van der Waals surface area contributed by atoms with Gasteiger partial charge >= 0.3 is 5.97 Å². The maximum absolute atomic E-state index is 11.1. The first-order valence-electron chi connectivity index (χ1n) is 7.45. The van der Waals surface area contributed by atoms with Crippen molar-refractivity contribution in [3.63, 3.8) is 0 Å². The fourth-order valence-corrected chi connectivity index (χ4v) is 2.83. The highest BCUT2D eigenvalue weighted by Gasteiger charge is 2.23. The standard InChI is InChI=1S/C16H24N2O3/c1-12-11-18(2)9-7-14(12)17-8-10-21-15-6-4-3-5-13(15)16(19)20/h3-6,12,14,17H,7-11H2,1-2H3,(H,19,20). The van der Waals surface area contributed by atoms with Crippen molar-refractivity contribution in [2.75, 3.05) is 33.3 Å². The van der Waals surface area contributed by atoms with Crippen molar-refractivity contribution in [3.05, 3.63) is 29.8 Å². The zero-order chi connectivity index (χ0) is 15.2. The molecule has 2 unspecified atom stereocenters. The summed E-state index contributed by atoms with van der Waals surface area (Å²) in [4.78, 5) is 13.4. The van der Waals surface area contributed by atoms with Crippen molar-refractivity contribution in [2.24, 2.45) is 5.92 Å². The number of carboxylic acids is 1. The summed E-state index contributed by atoms with van der Waals surface area (Å²) in [5, 5.41) is 12.6. The zero-order valence-electron chi connectivity index (χ0n) is 12.7. The number of rotatable bonds is 6. The van der Waals surface area contributed by atoms with Gasteiger partial charge in [0, 0.05) is 19.1 Å². The quantitative estimate of drug-likeness (QED) is 0.781. The van der Waals surface area contributed by atoms with E-state index in [-0.39, 0.29) is 5.56 Å². The van der Waals surface area contributed by atoms with Gasteiger partial charge in [0.15, 0.2) is 0 Å². The van der Waals surface area contributed by atoms with Gasteiger partial charge in [0.05, 0.1) is 0 Å². The summed E-state index contributed by atoms with van der Waals surface area (Å²) in [6, 6.07) is 7.26. The van der Waals surface area contributed by atoms with Gasteiger partial charge in [-0.1, -0.05) is 19.1 Å². The Bertz CT molecular complexity index is 478. The summed E-state index contributed by atoms with van der Waals surface area (Å²) in [5.41, 5.74) is 0.213. The molecule has 21 heavy (non-hydrogen) atoms. The lowest BCUT2D eigenvalue weighted by Gasteiger charge is -2.35.